The van der Waals surface area contributed by atoms with Gasteiger partial charge in [0.2, 0.25) is 0 Å². The molecule has 0 radical (unpaired) electrons. The molecule has 1 saturated heterocycles. The smallest absolute Gasteiger partial charge is 0.254 e. The maximum Gasteiger partial charge on any atom is 0.254 e. The van der Waals surface area contributed by atoms with Crippen LogP contribution in [0, 0.1) is 5.92 Å². The summed E-state index contributed by atoms with van der Waals surface area (Å²) in [4.78, 5) is 17.7. The molecule has 6 heteroatoms. The zero-order valence-corrected chi connectivity index (χ0v) is 21.3. The molecule has 0 aromatic heterocycles. The molecule has 2 atom stereocenters. The first-order valence-electron chi connectivity index (χ1n) is 13.2. The molecular weight excluding hydrogens is 440 g/mol. The van der Waals surface area contributed by atoms with Crippen LogP contribution < -0.4 is 9.47 Å². The lowest BCUT2D eigenvalue weighted by Crippen LogP contribution is -2.46. The van der Waals surface area contributed by atoms with E-state index in [4.69, 9.17) is 14.2 Å². The van der Waals surface area contributed by atoms with Crippen LogP contribution in [-0.2, 0) is 11.3 Å². The van der Waals surface area contributed by atoms with E-state index in [0.717, 1.165) is 82.9 Å². The summed E-state index contributed by atoms with van der Waals surface area (Å²) in [5, 5.41) is 0. The molecule has 4 bridgehead atoms. The molecular formula is C29H40N2O4. The van der Waals surface area contributed by atoms with Crippen molar-refractivity contribution in [3.8, 4) is 11.5 Å². The third-order valence-corrected chi connectivity index (χ3v) is 7.14. The first-order chi connectivity index (χ1) is 17.2. The fourth-order valence-corrected chi connectivity index (χ4v) is 5.22. The highest BCUT2D eigenvalue weighted by molar-refractivity contribution is 5.94. The zero-order chi connectivity index (χ0) is 24.5. The lowest BCUT2D eigenvalue weighted by atomic mass is 9.89. The Hall–Kier alpha value is -2.57. The van der Waals surface area contributed by atoms with E-state index in [-0.39, 0.29) is 12.0 Å². The predicted molar refractivity (Wildman–Crippen MR) is 138 cm³/mol. The highest BCUT2D eigenvalue weighted by Gasteiger charge is 2.31. The molecule has 4 rings (SSSR count). The van der Waals surface area contributed by atoms with Crippen LogP contribution in [0.3, 0.4) is 0 Å². The van der Waals surface area contributed by atoms with Gasteiger partial charge in [-0.1, -0.05) is 37.6 Å². The van der Waals surface area contributed by atoms with Gasteiger partial charge in [-0.25, -0.2) is 0 Å². The standard InChI is InChI=1S/C29H40N2O4/c1-3-18-35-28-13-5-4-9-24(28)21-30-15-7-6-10-25-22-31(16-14-27(25)33-2)29(32)23-11-8-12-26(20-23)34-19-17-30/h4-5,8-9,11-13,20,25,27H,3,6-7,10,14-19,21-22H2,1-2H3/t25-,27+/m0/s1. The average Bonchev–Trinajstić information content (AvgIpc) is 2.89. The van der Waals surface area contributed by atoms with Crippen molar-refractivity contribution in [3.63, 3.8) is 0 Å². The lowest BCUT2D eigenvalue weighted by molar-refractivity contribution is -0.00677. The number of hydrogen-bond donors (Lipinski definition) is 0. The summed E-state index contributed by atoms with van der Waals surface area (Å²) in [6.07, 6.45) is 5.41. The van der Waals surface area contributed by atoms with E-state index < -0.39 is 0 Å². The number of para-hydroxylation sites is 1. The van der Waals surface area contributed by atoms with E-state index in [0.29, 0.717) is 18.1 Å². The van der Waals surface area contributed by atoms with Crippen LogP contribution in [0.25, 0.3) is 0 Å². The molecule has 2 aliphatic rings. The van der Waals surface area contributed by atoms with Crippen LogP contribution in [0.1, 0.15) is 54.9 Å². The van der Waals surface area contributed by atoms with Gasteiger partial charge in [0.25, 0.3) is 5.91 Å². The van der Waals surface area contributed by atoms with Gasteiger partial charge in [0.15, 0.2) is 0 Å². The third-order valence-electron chi connectivity index (χ3n) is 7.14. The Labute approximate surface area is 210 Å². The van der Waals surface area contributed by atoms with Crippen molar-refractivity contribution in [3.05, 3.63) is 59.7 Å². The molecule has 0 aliphatic carbocycles. The molecule has 0 saturated carbocycles. The largest absolute Gasteiger partial charge is 0.493 e. The summed E-state index contributed by atoms with van der Waals surface area (Å²) in [5.41, 5.74) is 1.92. The number of benzene rings is 2. The maximum atomic E-state index is 13.2. The summed E-state index contributed by atoms with van der Waals surface area (Å²) in [5.74, 6) is 2.19. The SMILES string of the molecule is CCCOc1ccccc1CN1CCCC[C@H]2CN(CC[C@H]2OC)C(=O)c2cccc(c2)OCC1. The van der Waals surface area contributed by atoms with E-state index >= 15 is 0 Å². The van der Waals surface area contributed by atoms with E-state index in [2.05, 4.69) is 30.0 Å². The van der Waals surface area contributed by atoms with E-state index in [1.807, 2.05) is 35.2 Å². The molecule has 0 spiro atoms. The minimum atomic E-state index is 0.0928. The van der Waals surface area contributed by atoms with Crippen molar-refractivity contribution in [1.29, 1.82) is 0 Å². The van der Waals surface area contributed by atoms with E-state index in [1.165, 1.54) is 5.56 Å². The molecule has 190 valence electrons. The van der Waals surface area contributed by atoms with Gasteiger partial charge in [-0.3, -0.25) is 9.69 Å². The van der Waals surface area contributed by atoms with Gasteiger partial charge < -0.3 is 19.1 Å². The minimum Gasteiger partial charge on any atom is -0.493 e. The van der Waals surface area contributed by atoms with Gasteiger partial charge in [0.1, 0.15) is 18.1 Å². The third kappa shape index (κ3) is 6.98. The number of rotatable bonds is 6. The Bertz CT molecular complexity index is 950. The molecule has 1 fully saturated rings. The number of hydrogen-bond acceptors (Lipinski definition) is 5. The summed E-state index contributed by atoms with van der Waals surface area (Å²) in [6, 6.07) is 16.0. The topological polar surface area (TPSA) is 51.2 Å². The number of ether oxygens (including phenoxy) is 3. The van der Waals surface area contributed by atoms with Crippen molar-refractivity contribution in [2.75, 3.05) is 46.5 Å². The summed E-state index contributed by atoms with van der Waals surface area (Å²) in [7, 11) is 1.80. The van der Waals surface area contributed by atoms with Crippen LogP contribution >= 0.6 is 0 Å². The second-order valence-corrected chi connectivity index (χ2v) is 9.68. The monoisotopic (exact) mass is 480 g/mol. The zero-order valence-electron chi connectivity index (χ0n) is 21.3. The summed E-state index contributed by atoms with van der Waals surface area (Å²) < 4.78 is 17.9. The Balaban J connectivity index is 1.50. The number of carbonyl (C=O) groups excluding carboxylic acids is 1. The second-order valence-electron chi connectivity index (χ2n) is 9.68. The minimum absolute atomic E-state index is 0.0928. The Morgan fingerprint density at radius 1 is 1.03 bits per heavy atom. The molecule has 0 N–H and O–H groups in total. The maximum absolute atomic E-state index is 13.2. The van der Waals surface area contributed by atoms with Crippen molar-refractivity contribution < 1.29 is 19.0 Å². The number of piperidine rings is 1. The molecule has 35 heavy (non-hydrogen) atoms. The van der Waals surface area contributed by atoms with E-state index in [9.17, 15) is 4.79 Å². The Morgan fingerprint density at radius 2 is 1.91 bits per heavy atom. The molecule has 2 aliphatic heterocycles. The normalized spacial score (nSPS) is 22.1. The molecule has 1 amide bonds. The second kappa shape index (κ2) is 12.9. The van der Waals surface area contributed by atoms with Gasteiger partial charge in [-0.2, -0.15) is 0 Å². The fourth-order valence-electron chi connectivity index (χ4n) is 5.22. The lowest BCUT2D eigenvalue weighted by Gasteiger charge is -2.38. The van der Waals surface area contributed by atoms with Gasteiger partial charge in [0.05, 0.1) is 12.7 Å². The van der Waals surface area contributed by atoms with Crippen LogP contribution in [0.15, 0.2) is 48.5 Å². The number of carbonyl (C=O) groups is 1. The van der Waals surface area contributed by atoms with Crippen molar-refractivity contribution in [1.82, 2.24) is 9.80 Å². The average molecular weight is 481 g/mol. The van der Waals surface area contributed by atoms with Gasteiger partial charge in [-0.05, 0) is 56.5 Å². The number of amides is 1. The Morgan fingerprint density at radius 3 is 2.77 bits per heavy atom. The first kappa shape index (κ1) is 25.5. The van der Waals surface area contributed by atoms with Gasteiger partial charge in [0, 0.05) is 50.3 Å². The van der Waals surface area contributed by atoms with Crippen molar-refractivity contribution in [2.45, 2.75) is 51.7 Å². The van der Waals surface area contributed by atoms with Crippen LogP contribution in [0.4, 0.5) is 0 Å². The number of fused-ring (bicyclic) bond motifs is 4. The number of nitrogens with zero attached hydrogens (tertiary/aromatic N) is 2. The first-order valence-corrected chi connectivity index (χ1v) is 13.2. The molecule has 2 aromatic rings. The predicted octanol–water partition coefficient (Wildman–Crippen LogP) is 5.02. The fraction of sp³-hybridized carbons (Fsp3) is 0.552. The van der Waals surface area contributed by atoms with Gasteiger partial charge >= 0.3 is 0 Å². The van der Waals surface area contributed by atoms with Crippen molar-refractivity contribution in [2.24, 2.45) is 5.92 Å². The quantitative estimate of drug-likeness (QED) is 0.581. The van der Waals surface area contributed by atoms with Crippen LogP contribution in [-0.4, -0.2) is 68.3 Å². The summed E-state index contributed by atoms with van der Waals surface area (Å²) >= 11 is 0. The molecule has 2 aromatic carbocycles. The summed E-state index contributed by atoms with van der Waals surface area (Å²) in [6.45, 7) is 7.59. The van der Waals surface area contributed by atoms with Crippen LogP contribution in [0.2, 0.25) is 0 Å². The van der Waals surface area contributed by atoms with Crippen molar-refractivity contribution >= 4 is 5.91 Å². The molecule has 0 unspecified atom stereocenters. The highest BCUT2D eigenvalue weighted by Crippen LogP contribution is 2.27. The van der Waals surface area contributed by atoms with E-state index in [1.54, 1.807) is 7.11 Å². The number of methoxy groups -OCH3 is 1. The molecule has 6 nitrogen and oxygen atoms in total. The Kier molecular flexibility index (Phi) is 9.43. The highest BCUT2D eigenvalue weighted by atomic mass is 16.5. The van der Waals surface area contributed by atoms with Gasteiger partial charge in [-0.15, -0.1) is 0 Å². The molecule has 2 heterocycles. The van der Waals surface area contributed by atoms with Crippen LogP contribution in [0.5, 0.6) is 11.5 Å².